The molecule has 1 aromatic carbocycles. The Morgan fingerprint density at radius 3 is 2.80 bits per heavy atom. The molecule has 2 rings (SSSR count). The number of carbonyl (C=O) groups is 2. The first-order valence-electron chi connectivity index (χ1n) is 5.83. The number of halogens is 1. The average molecular weight is 294 g/mol. The van der Waals surface area contributed by atoms with Gasteiger partial charge in [-0.3, -0.25) is 14.6 Å². The molecule has 1 heterocycles. The maximum atomic E-state index is 11.4. The summed E-state index contributed by atoms with van der Waals surface area (Å²) in [6.07, 6.45) is 1.61. The molecule has 104 valence electrons. The van der Waals surface area contributed by atoms with E-state index in [1.54, 1.807) is 24.4 Å². The van der Waals surface area contributed by atoms with Gasteiger partial charge in [-0.05, 0) is 24.3 Å². The number of amides is 1. The lowest BCUT2D eigenvalue weighted by Crippen LogP contribution is -2.33. The van der Waals surface area contributed by atoms with E-state index >= 15 is 0 Å². The van der Waals surface area contributed by atoms with Crippen molar-refractivity contribution in [2.75, 3.05) is 18.4 Å². The predicted molar refractivity (Wildman–Crippen MR) is 75.9 cm³/mol. The van der Waals surface area contributed by atoms with Crippen molar-refractivity contribution >= 4 is 40.1 Å². The maximum absolute atomic E-state index is 11.4. The fourth-order valence-electron chi connectivity index (χ4n) is 1.69. The second-order valence-corrected chi connectivity index (χ2v) is 4.48. The van der Waals surface area contributed by atoms with Crippen molar-refractivity contribution < 1.29 is 14.7 Å². The van der Waals surface area contributed by atoms with Crippen LogP contribution in [0.3, 0.4) is 0 Å². The van der Waals surface area contributed by atoms with Gasteiger partial charge in [0.05, 0.1) is 12.1 Å². The van der Waals surface area contributed by atoms with Gasteiger partial charge in [0.15, 0.2) is 0 Å². The van der Waals surface area contributed by atoms with E-state index in [2.05, 4.69) is 15.6 Å². The number of anilines is 1. The molecule has 7 heteroatoms. The smallest absolute Gasteiger partial charge is 0.322 e. The van der Waals surface area contributed by atoms with E-state index in [4.69, 9.17) is 16.7 Å². The quantitative estimate of drug-likeness (QED) is 0.777. The highest BCUT2D eigenvalue weighted by Crippen LogP contribution is 2.23. The Hall–Kier alpha value is -2.34. The summed E-state index contributed by atoms with van der Waals surface area (Å²) in [5.74, 6) is -1.48. The zero-order chi connectivity index (χ0) is 14.5. The largest absolute Gasteiger partial charge is 0.480 e. The van der Waals surface area contributed by atoms with Crippen molar-refractivity contribution in [3.05, 3.63) is 35.5 Å². The minimum absolute atomic E-state index is 0.0188. The lowest BCUT2D eigenvalue weighted by atomic mass is 10.2. The van der Waals surface area contributed by atoms with Gasteiger partial charge in [-0.15, -0.1) is 0 Å². The Morgan fingerprint density at radius 2 is 2.05 bits per heavy atom. The number of hydrogen-bond acceptors (Lipinski definition) is 4. The van der Waals surface area contributed by atoms with Crippen molar-refractivity contribution in [3.63, 3.8) is 0 Å². The van der Waals surface area contributed by atoms with E-state index in [0.717, 1.165) is 11.1 Å². The molecule has 0 radical (unpaired) electrons. The second kappa shape index (κ2) is 6.21. The number of benzene rings is 1. The Morgan fingerprint density at radius 1 is 1.25 bits per heavy atom. The van der Waals surface area contributed by atoms with E-state index in [1.807, 2.05) is 6.07 Å². The van der Waals surface area contributed by atoms with Crippen LogP contribution in [0.25, 0.3) is 10.9 Å². The standard InChI is InChI=1S/C13H12ClN3O3/c14-8-1-2-9-10(3-4-15-11(9)5-8)16-6-12(18)17-7-13(19)20/h1-5H,6-7H2,(H,15,16)(H,17,18)(H,19,20). The minimum atomic E-state index is -1.08. The van der Waals surface area contributed by atoms with Crippen LogP contribution in [0.5, 0.6) is 0 Å². The molecule has 0 aliphatic heterocycles. The first-order valence-corrected chi connectivity index (χ1v) is 6.20. The Bertz CT molecular complexity index is 660. The molecule has 3 N–H and O–H groups in total. The number of carboxylic acids is 1. The topological polar surface area (TPSA) is 91.3 Å². The molecule has 0 bridgehead atoms. The number of fused-ring (bicyclic) bond motifs is 1. The van der Waals surface area contributed by atoms with Crippen LogP contribution >= 0.6 is 11.6 Å². The third kappa shape index (κ3) is 3.58. The SMILES string of the molecule is O=C(O)CNC(=O)CNc1ccnc2cc(Cl)ccc12. The second-order valence-electron chi connectivity index (χ2n) is 4.04. The van der Waals surface area contributed by atoms with Gasteiger partial charge >= 0.3 is 5.97 Å². The van der Waals surface area contributed by atoms with Crippen LogP contribution in [0.2, 0.25) is 5.02 Å². The number of nitrogens with zero attached hydrogens (tertiary/aromatic N) is 1. The van der Waals surface area contributed by atoms with E-state index in [-0.39, 0.29) is 6.54 Å². The van der Waals surface area contributed by atoms with Crippen LogP contribution in [0.4, 0.5) is 5.69 Å². The van der Waals surface area contributed by atoms with Gasteiger partial charge in [-0.1, -0.05) is 11.6 Å². The predicted octanol–water partition coefficient (Wildman–Crippen LogP) is 1.50. The number of pyridine rings is 1. The number of aliphatic carboxylic acids is 1. The van der Waals surface area contributed by atoms with Crippen LogP contribution in [0.15, 0.2) is 30.5 Å². The Labute approximate surface area is 119 Å². The molecule has 0 aliphatic rings. The van der Waals surface area contributed by atoms with Crippen molar-refractivity contribution in [2.45, 2.75) is 0 Å². The number of aromatic nitrogens is 1. The van der Waals surface area contributed by atoms with E-state index in [0.29, 0.717) is 10.5 Å². The summed E-state index contributed by atoms with van der Waals surface area (Å²) in [7, 11) is 0. The summed E-state index contributed by atoms with van der Waals surface area (Å²) in [5, 5.41) is 15.1. The van der Waals surface area contributed by atoms with Gasteiger partial charge in [-0.2, -0.15) is 0 Å². The Balaban J connectivity index is 2.06. The number of hydrogen-bond donors (Lipinski definition) is 3. The molecule has 0 aliphatic carbocycles. The van der Waals surface area contributed by atoms with Crippen molar-refractivity contribution in [1.29, 1.82) is 0 Å². The van der Waals surface area contributed by atoms with E-state index < -0.39 is 18.4 Å². The van der Waals surface area contributed by atoms with Crippen LogP contribution in [-0.4, -0.2) is 35.1 Å². The van der Waals surface area contributed by atoms with Crippen LogP contribution < -0.4 is 10.6 Å². The number of carboxylic acid groups (broad SMARTS) is 1. The lowest BCUT2D eigenvalue weighted by Gasteiger charge is -2.09. The molecule has 0 saturated heterocycles. The first-order chi connectivity index (χ1) is 9.56. The third-order valence-electron chi connectivity index (χ3n) is 2.58. The highest BCUT2D eigenvalue weighted by atomic mass is 35.5. The molecule has 2 aromatic rings. The van der Waals surface area contributed by atoms with Crippen molar-refractivity contribution in [3.8, 4) is 0 Å². The van der Waals surface area contributed by atoms with Gasteiger partial charge < -0.3 is 15.7 Å². The summed E-state index contributed by atoms with van der Waals surface area (Å²) < 4.78 is 0. The highest BCUT2D eigenvalue weighted by Gasteiger charge is 2.06. The third-order valence-corrected chi connectivity index (χ3v) is 2.82. The zero-order valence-corrected chi connectivity index (χ0v) is 11.1. The Kier molecular flexibility index (Phi) is 4.37. The summed E-state index contributed by atoms with van der Waals surface area (Å²) in [6.45, 7) is -0.414. The van der Waals surface area contributed by atoms with Gasteiger partial charge in [0.25, 0.3) is 0 Å². The summed E-state index contributed by atoms with van der Waals surface area (Å²) in [5.41, 5.74) is 1.45. The molecule has 6 nitrogen and oxygen atoms in total. The van der Waals surface area contributed by atoms with Gasteiger partial charge in [0, 0.05) is 22.3 Å². The monoisotopic (exact) mass is 293 g/mol. The summed E-state index contributed by atoms with van der Waals surface area (Å²) in [4.78, 5) is 26.0. The molecule has 1 aromatic heterocycles. The number of rotatable bonds is 5. The van der Waals surface area contributed by atoms with E-state index in [1.165, 1.54) is 0 Å². The maximum Gasteiger partial charge on any atom is 0.322 e. The van der Waals surface area contributed by atoms with Crippen molar-refractivity contribution in [2.24, 2.45) is 0 Å². The molecule has 0 fully saturated rings. The normalized spacial score (nSPS) is 10.2. The molecule has 0 unspecified atom stereocenters. The number of carbonyl (C=O) groups excluding carboxylic acids is 1. The highest BCUT2D eigenvalue weighted by molar-refractivity contribution is 6.31. The molecular weight excluding hydrogens is 282 g/mol. The molecule has 0 atom stereocenters. The van der Waals surface area contributed by atoms with E-state index in [9.17, 15) is 9.59 Å². The van der Waals surface area contributed by atoms with Crippen LogP contribution in [0, 0.1) is 0 Å². The van der Waals surface area contributed by atoms with Crippen LogP contribution in [0.1, 0.15) is 0 Å². The number of nitrogens with one attached hydrogen (secondary N) is 2. The van der Waals surface area contributed by atoms with Crippen molar-refractivity contribution in [1.82, 2.24) is 10.3 Å². The summed E-state index contributed by atoms with van der Waals surface area (Å²) >= 11 is 5.89. The molecule has 1 amide bonds. The fraction of sp³-hybridized carbons (Fsp3) is 0.154. The average Bonchev–Trinajstić information content (AvgIpc) is 2.42. The minimum Gasteiger partial charge on any atom is -0.480 e. The van der Waals surface area contributed by atoms with Crippen LogP contribution in [-0.2, 0) is 9.59 Å². The first kappa shape index (κ1) is 14.1. The van der Waals surface area contributed by atoms with Gasteiger partial charge in [0.1, 0.15) is 6.54 Å². The molecule has 0 saturated carbocycles. The molecule has 0 spiro atoms. The molecule has 20 heavy (non-hydrogen) atoms. The lowest BCUT2D eigenvalue weighted by molar-refractivity contribution is -0.137. The molecular formula is C13H12ClN3O3. The zero-order valence-electron chi connectivity index (χ0n) is 10.4. The van der Waals surface area contributed by atoms with Gasteiger partial charge in [-0.25, -0.2) is 0 Å². The fourth-order valence-corrected chi connectivity index (χ4v) is 1.85. The van der Waals surface area contributed by atoms with Gasteiger partial charge in [0.2, 0.25) is 5.91 Å². The summed E-state index contributed by atoms with van der Waals surface area (Å²) in [6, 6.07) is 7.01.